The Morgan fingerprint density at radius 3 is 2.43 bits per heavy atom. The number of nitrogens with zero attached hydrogens (tertiary/aromatic N) is 3. The monoisotopic (exact) mass is 309 g/mol. The molecule has 1 saturated carbocycles. The second kappa shape index (κ2) is 5.73. The van der Waals surface area contributed by atoms with E-state index < -0.39 is 5.97 Å². The molecular weight excluding hydrogens is 290 g/mol. The van der Waals surface area contributed by atoms with E-state index in [2.05, 4.69) is 14.8 Å². The topological polar surface area (TPSA) is 62.7 Å². The highest BCUT2D eigenvalue weighted by atomic mass is 32.1. The van der Waals surface area contributed by atoms with Crippen LogP contribution in [-0.2, 0) is 4.74 Å². The van der Waals surface area contributed by atoms with E-state index in [-0.39, 0.29) is 11.5 Å². The lowest BCUT2D eigenvalue weighted by molar-refractivity contribution is 0.0591. The van der Waals surface area contributed by atoms with E-state index >= 15 is 0 Å². The molecule has 1 aromatic rings. The molecule has 0 aromatic carbocycles. The van der Waals surface area contributed by atoms with Gasteiger partial charge in [-0.05, 0) is 12.8 Å². The average Bonchev–Trinajstić information content (AvgIpc) is 3.24. The van der Waals surface area contributed by atoms with Crippen molar-refractivity contribution in [1.82, 2.24) is 9.88 Å². The van der Waals surface area contributed by atoms with Crippen LogP contribution in [0.2, 0.25) is 0 Å². The minimum atomic E-state index is -0.542. The number of carbonyl (C=O) groups excluding carboxylic acids is 2. The van der Waals surface area contributed by atoms with Crippen LogP contribution in [0, 0.1) is 0 Å². The Kier molecular flexibility index (Phi) is 3.95. The summed E-state index contributed by atoms with van der Waals surface area (Å²) in [6, 6.07) is 0.779. The third-order valence-electron chi connectivity index (χ3n) is 3.96. The van der Waals surface area contributed by atoms with Crippen LogP contribution in [0.4, 0.5) is 5.13 Å². The van der Waals surface area contributed by atoms with Crippen molar-refractivity contribution < 1.29 is 14.3 Å². The van der Waals surface area contributed by atoms with Crippen molar-refractivity contribution in [2.75, 3.05) is 38.2 Å². The lowest BCUT2D eigenvalue weighted by Crippen LogP contribution is -2.47. The van der Waals surface area contributed by atoms with Gasteiger partial charge in [-0.1, -0.05) is 11.3 Å². The van der Waals surface area contributed by atoms with Gasteiger partial charge < -0.3 is 9.64 Å². The summed E-state index contributed by atoms with van der Waals surface area (Å²) in [6.45, 7) is 5.28. The lowest BCUT2D eigenvalue weighted by atomic mass is 10.3. The van der Waals surface area contributed by atoms with E-state index in [1.807, 2.05) is 0 Å². The summed E-state index contributed by atoms with van der Waals surface area (Å²) in [5.74, 6) is -0.685. The Bertz CT molecular complexity index is 560. The summed E-state index contributed by atoms with van der Waals surface area (Å²) >= 11 is 1.29. The van der Waals surface area contributed by atoms with Gasteiger partial charge in [0.2, 0.25) is 0 Å². The first-order valence-corrected chi connectivity index (χ1v) is 8.01. The number of hydrogen-bond acceptors (Lipinski definition) is 7. The second-order valence-corrected chi connectivity index (χ2v) is 6.45. The number of aromatic nitrogens is 1. The quantitative estimate of drug-likeness (QED) is 0.619. The molecule has 0 bridgehead atoms. The molecule has 1 aromatic heterocycles. The van der Waals surface area contributed by atoms with Crippen molar-refractivity contribution in [2.45, 2.75) is 25.8 Å². The minimum Gasteiger partial charge on any atom is -0.464 e. The number of piperazine rings is 1. The molecule has 0 spiro atoms. The summed E-state index contributed by atoms with van der Waals surface area (Å²) in [7, 11) is 1.31. The largest absolute Gasteiger partial charge is 0.464 e. The van der Waals surface area contributed by atoms with Crippen molar-refractivity contribution in [2.24, 2.45) is 0 Å². The number of esters is 1. The van der Waals surface area contributed by atoms with Crippen LogP contribution < -0.4 is 4.90 Å². The number of hydrogen-bond donors (Lipinski definition) is 0. The maximum atomic E-state index is 11.7. The predicted octanol–water partition coefficient (Wildman–Crippen LogP) is 1.42. The van der Waals surface area contributed by atoms with Gasteiger partial charge in [0.05, 0.1) is 7.11 Å². The predicted molar refractivity (Wildman–Crippen MR) is 80.3 cm³/mol. The first kappa shape index (κ1) is 14.5. The van der Waals surface area contributed by atoms with Gasteiger partial charge in [-0.3, -0.25) is 9.69 Å². The SMILES string of the molecule is COC(=O)c1nc(N2CCN(C3CC3)CC2)sc1C(C)=O. The van der Waals surface area contributed by atoms with Gasteiger partial charge in [-0.15, -0.1) is 0 Å². The minimum absolute atomic E-state index is 0.143. The van der Waals surface area contributed by atoms with Crippen LogP contribution in [-0.4, -0.2) is 61.0 Å². The van der Waals surface area contributed by atoms with Crippen LogP contribution in [0.25, 0.3) is 0 Å². The van der Waals surface area contributed by atoms with Crippen LogP contribution in [0.1, 0.15) is 39.9 Å². The van der Waals surface area contributed by atoms with E-state index in [1.165, 1.54) is 38.2 Å². The average molecular weight is 309 g/mol. The summed E-state index contributed by atoms with van der Waals surface area (Å²) in [5.41, 5.74) is 0.148. The first-order valence-electron chi connectivity index (χ1n) is 7.19. The smallest absolute Gasteiger partial charge is 0.358 e. The molecular formula is C14H19N3O3S. The third-order valence-corrected chi connectivity index (χ3v) is 5.18. The highest BCUT2D eigenvalue weighted by molar-refractivity contribution is 7.17. The number of ketones is 1. The fourth-order valence-electron chi connectivity index (χ4n) is 2.64. The zero-order valence-electron chi connectivity index (χ0n) is 12.3. The van der Waals surface area contributed by atoms with Crippen LogP contribution in [0.15, 0.2) is 0 Å². The molecule has 0 amide bonds. The van der Waals surface area contributed by atoms with E-state index in [4.69, 9.17) is 4.74 Å². The molecule has 6 nitrogen and oxygen atoms in total. The Morgan fingerprint density at radius 2 is 1.90 bits per heavy atom. The molecule has 2 fully saturated rings. The number of thiazole rings is 1. The number of Topliss-reactive ketones (excluding diaryl/α,β-unsaturated/α-hetero) is 1. The number of carbonyl (C=O) groups is 2. The Labute approximate surface area is 127 Å². The third kappa shape index (κ3) is 2.94. The Hall–Kier alpha value is -1.47. The van der Waals surface area contributed by atoms with Crippen molar-refractivity contribution in [1.29, 1.82) is 0 Å². The van der Waals surface area contributed by atoms with Gasteiger partial charge >= 0.3 is 5.97 Å². The highest BCUT2D eigenvalue weighted by Gasteiger charge is 2.32. The summed E-state index contributed by atoms with van der Waals surface area (Å²) in [6.07, 6.45) is 2.64. The van der Waals surface area contributed by atoms with Crippen molar-refractivity contribution in [3.05, 3.63) is 10.6 Å². The van der Waals surface area contributed by atoms with Gasteiger partial charge in [0, 0.05) is 39.1 Å². The standard InChI is InChI=1S/C14H19N3O3S/c1-9(18)12-11(13(19)20-2)15-14(21-12)17-7-5-16(6-8-17)10-3-4-10/h10H,3-8H2,1-2H3. The van der Waals surface area contributed by atoms with Crippen molar-refractivity contribution >= 4 is 28.2 Å². The molecule has 0 N–H and O–H groups in total. The summed E-state index contributed by atoms with van der Waals surface area (Å²) in [5, 5.41) is 0.746. The molecule has 1 aliphatic heterocycles. The van der Waals surface area contributed by atoms with Gasteiger partial charge in [-0.2, -0.15) is 0 Å². The molecule has 0 atom stereocenters. The molecule has 2 heterocycles. The lowest BCUT2D eigenvalue weighted by Gasteiger charge is -2.34. The molecule has 3 rings (SSSR count). The maximum Gasteiger partial charge on any atom is 0.358 e. The Balaban J connectivity index is 1.76. The zero-order valence-corrected chi connectivity index (χ0v) is 13.1. The summed E-state index contributed by atoms with van der Waals surface area (Å²) in [4.78, 5) is 32.8. The van der Waals surface area contributed by atoms with Crippen molar-refractivity contribution in [3.63, 3.8) is 0 Å². The van der Waals surface area contributed by atoms with E-state index in [0.717, 1.165) is 37.4 Å². The number of rotatable bonds is 4. The van der Waals surface area contributed by atoms with Crippen LogP contribution in [0.3, 0.4) is 0 Å². The second-order valence-electron chi connectivity index (χ2n) is 5.48. The van der Waals surface area contributed by atoms with Crippen LogP contribution >= 0.6 is 11.3 Å². The molecule has 114 valence electrons. The number of methoxy groups -OCH3 is 1. The normalized spacial score (nSPS) is 19.6. The zero-order chi connectivity index (χ0) is 15.0. The van der Waals surface area contributed by atoms with E-state index in [9.17, 15) is 9.59 Å². The molecule has 0 unspecified atom stereocenters. The fourth-order valence-corrected chi connectivity index (χ4v) is 3.64. The van der Waals surface area contributed by atoms with Gasteiger partial charge in [0.25, 0.3) is 0 Å². The van der Waals surface area contributed by atoms with E-state index in [0.29, 0.717) is 4.88 Å². The van der Waals surface area contributed by atoms with E-state index in [1.54, 1.807) is 0 Å². The Morgan fingerprint density at radius 1 is 1.24 bits per heavy atom. The molecule has 7 heteroatoms. The first-order chi connectivity index (χ1) is 10.1. The molecule has 1 saturated heterocycles. The van der Waals surface area contributed by atoms with Crippen LogP contribution in [0.5, 0.6) is 0 Å². The molecule has 2 aliphatic rings. The van der Waals surface area contributed by atoms with Crippen molar-refractivity contribution in [3.8, 4) is 0 Å². The molecule has 1 aliphatic carbocycles. The van der Waals surface area contributed by atoms with Gasteiger partial charge in [-0.25, -0.2) is 9.78 Å². The maximum absolute atomic E-state index is 11.7. The molecule has 21 heavy (non-hydrogen) atoms. The summed E-state index contributed by atoms with van der Waals surface area (Å²) < 4.78 is 4.71. The molecule has 0 radical (unpaired) electrons. The van der Waals surface area contributed by atoms with Gasteiger partial charge in [0.15, 0.2) is 16.6 Å². The fraction of sp³-hybridized carbons (Fsp3) is 0.643. The van der Waals surface area contributed by atoms with Gasteiger partial charge in [0.1, 0.15) is 4.88 Å². The number of anilines is 1. The number of ether oxygens (including phenoxy) is 1. The highest BCUT2D eigenvalue weighted by Crippen LogP contribution is 2.31.